The number of rotatable bonds is 6. The first-order chi connectivity index (χ1) is 12.5. The molecule has 0 aromatic carbocycles. The molecule has 27 heavy (non-hydrogen) atoms. The molecular weight excluding hydrogens is 593 g/mol. The Hall–Kier alpha value is 0.928. The Kier molecular flexibility index (Phi) is 30.1. The summed E-state index contributed by atoms with van der Waals surface area (Å²) >= 11 is 9.39. The Bertz CT molecular complexity index is 286. The van der Waals surface area contributed by atoms with E-state index in [-0.39, 0.29) is 21.1 Å². The molecule has 0 aromatic heterocycles. The van der Waals surface area contributed by atoms with E-state index in [0.29, 0.717) is 15.8 Å². The molecule has 2 aliphatic rings. The van der Waals surface area contributed by atoms with E-state index < -0.39 is 0 Å². The molecule has 0 amide bonds. The summed E-state index contributed by atoms with van der Waals surface area (Å²) in [6, 6.07) is 0. The molecule has 0 bridgehead atoms. The van der Waals surface area contributed by atoms with Gasteiger partial charge in [0.1, 0.15) is 0 Å². The standard InChI is InChI=1S/2C6H15P.2C3H6N2S.Pt/c2*1-4-7(5-2)6-3;2*6-3-4-1-2-5-3;/h2*4-6H2,1-3H3;2*1-2H2,(H2,4,5,6);. The third-order valence-electron chi connectivity index (χ3n) is 4.08. The van der Waals surface area contributed by atoms with Crippen LogP contribution in [0, 0.1) is 0 Å². The fourth-order valence-corrected chi connectivity index (χ4v) is 5.26. The van der Waals surface area contributed by atoms with Crippen LogP contribution in [0.4, 0.5) is 0 Å². The molecule has 2 fully saturated rings. The van der Waals surface area contributed by atoms with Gasteiger partial charge in [-0.2, -0.15) is 0 Å². The molecular formula is C18H42N4P2PtS2. The van der Waals surface area contributed by atoms with Crippen molar-refractivity contribution in [2.45, 2.75) is 41.5 Å². The van der Waals surface area contributed by atoms with Crippen LogP contribution in [0.2, 0.25) is 0 Å². The first-order valence-electron chi connectivity index (χ1n) is 9.96. The molecule has 0 aromatic rings. The molecule has 0 saturated carbocycles. The third kappa shape index (κ3) is 23.1. The van der Waals surface area contributed by atoms with Crippen molar-refractivity contribution in [3.05, 3.63) is 0 Å². The van der Waals surface area contributed by atoms with Crippen LogP contribution in [0.1, 0.15) is 41.5 Å². The molecule has 2 heterocycles. The Morgan fingerprint density at radius 2 is 0.741 bits per heavy atom. The smallest absolute Gasteiger partial charge is 0.166 e. The second-order valence-electron chi connectivity index (χ2n) is 5.60. The summed E-state index contributed by atoms with van der Waals surface area (Å²) in [5.74, 6) is 0. The van der Waals surface area contributed by atoms with Crippen LogP contribution in [0.5, 0.6) is 0 Å². The summed E-state index contributed by atoms with van der Waals surface area (Å²) < 4.78 is 0. The van der Waals surface area contributed by atoms with Gasteiger partial charge in [0.15, 0.2) is 10.2 Å². The minimum Gasteiger partial charge on any atom is -0.361 e. The van der Waals surface area contributed by atoms with Gasteiger partial charge in [0.05, 0.1) is 0 Å². The molecule has 2 aliphatic heterocycles. The predicted molar refractivity (Wildman–Crippen MR) is 134 cm³/mol. The van der Waals surface area contributed by atoms with E-state index in [1.54, 1.807) is 0 Å². The minimum atomic E-state index is 0. The predicted octanol–water partition coefficient (Wildman–Crippen LogP) is 3.98. The molecule has 0 atom stereocenters. The van der Waals surface area contributed by atoms with Gasteiger partial charge in [0.25, 0.3) is 0 Å². The van der Waals surface area contributed by atoms with Crippen molar-refractivity contribution in [1.29, 1.82) is 0 Å². The van der Waals surface area contributed by atoms with E-state index in [2.05, 4.69) is 62.8 Å². The summed E-state index contributed by atoms with van der Waals surface area (Å²) in [6.45, 7) is 17.7. The molecule has 2 saturated heterocycles. The largest absolute Gasteiger partial charge is 0.361 e. The maximum Gasteiger partial charge on any atom is 0.166 e. The van der Waals surface area contributed by atoms with E-state index >= 15 is 0 Å². The van der Waals surface area contributed by atoms with Gasteiger partial charge in [0.2, 0.25) is 0 Å². The number of hydrogen-bond acceptors (Lipinski definition) is 2. The average Bonchev–Trinajstić information content (AvgIpc) is 3.33. The SMILES string of the molecule is CCP(CC)CC.CCP(CC)CC.S=C1NCCN1.S=C1NCCN1.[Pt]. The zero-order valence-corrected chi connectivity index (χ0v) is 23.8. The molecule has 0 spiro atoms. The van der Waals surface area contributed by atoms with Crippen LogP contribution >= 0.6 is 40.3 Å². The third-order valence-corrected chi connectivity index (χ3v) is 10.0. The molecule has 0 radical (unpaired) electrons. The van der Waals surface area contributed by atoms with Gasteiger partial charge in [-0.1, -0.05) is 41.5 Å². The molecule has 9 heteroatoms. The molecule has 2 rings (SSSR count). The Labute approximate surface area is 196 Å². The van der Waals surface area contributed by atoms with E-state index in [1.807, 2.05) is 0 Å². The van der Waals surface area contributed by atoms with Crippen LogP contribution < -0.4 is 21.3 Å². The van der Waals surface area contributed by atoms with Crippen LogP contribution in [0.25, 0.3) is 0 Å². The minimum absolute atomic E-state index is 0. The topological polar surface area (TPSA) is 48.1 Å². The fraction of sp³-hybridized carbons (Fsp3) is 0.889. The van der Waals surface area contributed by atoms with E-state index in [1.165, 1.54) is 37.0 Å². The van der Waals surface area contributed by atoms with Crippen LogP contribution in [0.3, 0.4) is 0 Å². The first kappa shape index (κ1) is 32.6. The summed E-state index contributed by atoms with van der Waals surface area (Å²) in [6.07, 6.45) is 8.51. The average molecular weight is 636 g/mol. The molecule has 0 aliphatic carbocycles. The Balaban J connectivity index is -0.000000281. The van der Waals surface area contributed by atoms with E-state index in [4.69, 9.17) is 24.4 Å². The van der Waals surface area contributed by atoms with Gasteiger partial charge in [-0.15, -0.1) is 15.8 Å². The van der Waals surface area contributed by atoms with Crippen molar-refractivity contribution in [3.63, 3.8) is 0 Å². The second kappa shape index (κ2) is 25.0. The molecule has 166 valence electrons. The number of nitrogens with one attached hydrogen (secondary N) is 4. The van der Waals surface area contributed by atoms with Crippen molar-refractivity contribution < 1.29 is 21.1 Å². The van der Waals surface area contributed by atoms with E-state index in [0.717, 1.165) is 36.4 Å². The van der Waals surface area contributed by atoms with Crippen molar-refractivity contribution in [3.8, 4) is 0 Å². The van der Waals surface area contributed by atoms with Crippen LogP contribution in [-0.4, -0.2) is 73.4 Å². The second-order valence-corrected chi connectivity index (χ2v) is 12.9. The quantitative estimate of drug-likeness (QED) is 0.262. The summed E-state index contributed by atoms with van der Waals surface area (Å²) in [4.78, 5) is 0. The van der Waals surface area contributed by atoms with Gasteiger partial charge in [-0.05, 0) is 61.4 Å². The number of hydrogen-bond donors (Lipinski definition) is 4. The van der Waals surface area contributed by atoms with Crippen molar-refractivity contribution in [1.82, 2.24) is 21.3 Å². The van der Waals surface area contributed by atoms with Crippen molar-refractivity contribution in [2.75, 3.05) is 63.2 Å². The molecule has 4 N–H and O–H groups in total. The van der Waals surface area contributed by atoms with Crippen molar-refractivity contribution >= 4 is 50.5 Å². The molecule has 4 nitrogen and oxygen atoms in total. The van der Waals surface area contributed by atoms with Gasteiger partial charge < -0.3 is 21.3 Å². The van der Waals surface area contributed by atoms with Gasteiger partial charge >= 0.3 is 0 Å². The Morgan fingerprint density at radius 1 is 0.556 bits per heavy atom. The van der Waals surface area contributed by atoms with E-state index in [9.17, 15) is 0 Å². The summed E-state index contributed by atoms with van der Waals surface area (Å²) in [7, 11) is 0.892. The summed E-state index contributed by atoms with van der Waals surface area (Å²) in [5.41, 5.74) is 0. The maximum atomic E-state index is 4.70. The van der Waals surface area contributed by atoms with Crippen molar-refractivity contribution in [2.24, 2.45) is 0 Å². The maximum absolute atomic E-state index is 4.70. The zero-order valence-electron chi connectivity index (χ0n) is 18.1. The number of thiocarbonyl (C=S) groups is 2. The first-order valence-corrected chi connectivity index (χ1v) is 14.6. The normalized spacial score (nSPS) is 14.1. The molecule has 0 unspecified atom stereocenters. The van der Waals surface area contributed by atoms with Gasteiger partial charge in [-0.3, -0.25) is 0 Å². The monoisotopic (exact) mass is 635 g/mol. The Morgan fingerprint density at radius 3 is 0.778 bits per heavy atom. The van der Waals surface area contributed by atoms with Crippen LogP contribution in [-0.2, 0) is 21.1 Å². The fourth-order valence-electron chi connectivity index (χ4n) is 2.17. The van der Waals surface area contributed by atoms with Gasteiger partial charge in [-0.25, -0.2) is 0 Å². The zero-order chi connectivity index (χ0) is 20.2. The van der Waals surface area contributed by atoms with Crippen LogP contribution in [0.15, 0.2) is 0 Å². The van der Waals surface area contributed by atoms with Gasteiger partial charge in [0, 0.05) is 47.2 Å². The summed E-state index contributed by atoms with van der Waals surface area (Å²) in [5, 5.41) is 13.3.